The summed E-state index contributed by atoms with van der Waals surface area (Å²) in [5.41, 5.74) is 2.71. The number of rotatable bonds is 3. The van der Waals surface area contributed by atoms with Crippen LogP contribution in [0.1, 0.15) is 61.8 Å². The number of nitrogens with one attached hydrogen (secondary N) is 1. The molecular weight excluding hydrogens is 432 g/mol. The number of hydrogen-bond donors (Lipinski definition) is 1. The Kier molecular flexibility index (Phi) is 6.02. The maximum Gasteiger partial charge on any atom is 0.410 e. The first-order valence-electron chi connectivity index (χ1n) is 11.4. The van der Waals surface area contributed by atoms with Crippen LogP contribution in [0.15, 0.2) is 42.7 Å². The third kappa shape index (κ3) is 4.71. The Labute approximate surface area is 199 Å². The highest BCUT2D eigenvalue weighted by Gasteiger charge is 2.31. The molecule has 2 aromatic heterocycles. The lowest BCUT2D eigenvalue weighted by Crippen LogP contribution is -2.42. The molecule has 1 N–H and O–H groups in total. The zero-order valence-corrected chi connectivity index (χ0v) is 20.6. The van der Waals surface area contributed by atoms with Crippen LogP contribution in [0.2, 0.25) is 0 Å². The number of amides is 2. The van der Waals surface area contributed by atoms with E-state index in [4.69, 9.17) is 9.47 Å². The highest BCUT2D eigenvalue weighted by molar-refractivity contribution is 5.98. The van der Waals surface area contributed by atoms with Crippen molar-refractivity contribution < 1.29 is 19.1 Å². The van der Waals surface area contributed by atoms with Crippen molar-refractivity contribution in [2.75, 3.05) is 13.2 Å². The summed E-state index contributed by atoms with van der Waals surface area (Å²) in [7, 11) is 0. The molecule has 4 rings (SSSR count). The number of nitrogens with zero attached hydrogens (tertiary/aromatic N) is 3. The Morgan fingerprint density at radius 1 is 1.12 bits per heavy atom. The topological polar surface area (TPSA) is 85.2 Å². The number of imidazole rings is 1. The molecule has 8 nitrogen and oxygen atoms in total. The van der Waals surface area contributed by atoms with Gasteiger partial charge >= 0.3 is 6.09 Å². The van der Waals surface area contributed by atoms with Gasteiger partial charge in [0.2, 0.25) is 0 Å². The van der Waals surface area contributed by atoms with E-state index in [0.29, 0.717) is 24.4 Å². The van der Waals surface area contributed by atoms with Crippen LogP contribution < -0.4 is 10.1 Å². The predicted molar refractivity (Wildman–Crippen MR) is 129 cm³/mol. The molecule has 0 spiro atoms. The van der Waals surface area contributed by atoms with Crippen LogP contribution in [0, 0.1) is 6.92 Å². The van der Waals surface area contributed by atoms with Crippen LogP contribution in [-0.4, -0.2) is 45.0 Å². The van der Waals surface area contributed by atoms with Crippen molar-refractivity contribution in [2.24, 2.45) is 0 Å². The fourth-order valence-corrected chi connectivity index (χ4v) is 4.11. The summed E-state index contributed by atoms with van der Waals surface area (Å²) >= 11 is 0. The lowest BCUT2D eigenvalue weighted by atomic mass is 9.99. The van der Waals surface area contributed by atoms with Gasteiger partial charge in [0, 0.05) is 11.8 Å². The first-order valence-corrected chi connectivity index (χ1v) is 11.4. The van der Waals surface area contributed by atoms with Crippen LogP contribution in [0.3, 0.4) is 0 Å². The summed E-state index contributed by atoms with van der Waals surface area (Å²) in [6.45, 7) is 12.4. The molecule has 0 saturated carbocycles. The molecule has 1 aliphatic heterocycles. The third-order valence-corrected chi connectivity index (χ3v) is 5.76. The Hall–Kier alpha value is -3.55. The second kappa shape index (κ2) is 8.66. The van der Waals surface area contributed by atoms with Crippen molar-refractivity contribution >= 4 is 17.6 Å². The van der Waals surface area contributed by atoms with Gasteiger partial charge in [-0.3, -0.25) is 4.79 Å². The zero-order chi connectivity index (χ0) is 24.7. The number of fused-ring (bicyclic) bond motifs is 2. The number of aromatic nitrogens is 2. The van der Waals surface area contributed by atoms with E-state index in [-0.39, 0.29) is 12.5 Å². The van der Waals surface area contributed by atoms with Crippen molar-refractivity contribution in [2.45, 2.75) is 59.2 Å². The maximum absolute atomic E-state index is 13.4. The molecule has 0 fully saturated rings. The van der Waals surface area contributed by atoms with Gasteiger partial charge in [-0.25, -0.2) is 9.78 Å². The lowest BCUT2D eigenvalue weighted by molar-refractivity contribution is 0.0225. The van der Waals surface area contributed by atoms with E-state index in [1.54, 1.807) is 23.2 Å². The molecule has 0 unspecified atom stereocenters. The van der Waals surface area contributed by atoms with E-state index >= 15 is 0 Å². The van der Waals surface area contributed by atoms with E-state index in [2.05, 4.69) is 10.3 Å². The average molecular weight is 465 g/mol. The molecule has 34 heavy (non-hydrogen) atoms. The number of benzene rings is 1. The molecule has 0 bridgehead atoms. The molecule has 3 heterocycles. The van der Waals surface area contributed by atoms with Crippen LogP contribution >= 0.6 is 0 Å². The van der Waals surface area contributed by atoms with Gasteiger partial charge in [0.15, 0.2) is 0 Å². The van der Waals surface area contributed by atoms with Gasteiger partial charge in [0.05, 0.1) is 36.1 Å². The van der Waals surface area contributed by atoms with E-state index in [1.807, 2.05) is 70.3 Å². The Morgan fingerprint density at radius 3 is 2.62 bits per heavy atom. The lowest BCUT2D eigenvalue weighted by Gasteiger charge is -2.27. The number of hydrogen-bond acceptors (Lipinski definition) is 5. The van der Waals surface area contributed by atoms with Gasteiger partial charge in [-0.15, -0.1) is 0 Å². The number of aryl methyl sites for hydroxylation is 1. The van der Waals surface area contributed by atoms with Crippen LogP contribution in [0.25, 0.3) is 5.65 Å². The zero-order valence-electron chi connectivity index (χ0n) is 20.6. The largest absolute Gasteiger partial charge is 0.491 e. The summed E-state index contributed by atoms with van der Waals surface area (Å²) in [5.74, 6) is 0.242. The first-order chi connectivity index (χ1) is 16.0. The Balaban J connectivity index is 1.58. The average Bonchev–Trinajstić information content (AvgIpc) is 3.07. The summed E-state index contributed by atoms with van der Waals surface area (Å²) in [6, 6.07) is 9.39. The van der Waals surface area contributed by atoms with Gasteiger partial charge in [-0.05, 0) is 59.2 Å². The molecular formula is C26H32N4O4. The molecule has 2 amide bonds. The van der Waals surface area contributed by atoms with Crippen LogP contribution in [0.4, 0.5) is 4.79 Å². The minimum absolute atomic E-state index is 0.254. The van der Waals surface area contributed by atoms with Crippen LogP contribution in [0.5, 0.6) is 5.75 Å². The van der Waals surface area contributed by atoms with Crippen molar-refractivity contribution in [3.8, 4) is 5.75 Å². The van der Waals surface area contributed by atoms with E-state index in [9.17, 15) is 9.59 Å². The fraction of sp³-hybridized carbons (Fsp3) is 0.423. The molecule has 3 aromatic rings. The fourth-order valence-electron chi connectivity index (χ4n) is 4.11. The van der Waals surface area contributed by atoms with Crippen LogP contribution in [-0.2, 0) is 16.8 Å². The molecule has 180 valence electrons. The standard InChI is InChI=1S/C26H32N4O4/c1-17-9-8-12-30-20(15-27-22(17)30)26(5,6)28-23(31)19-11-7-10-18-16-29(13-14-33-21(18)19)24(32)34-25(2,3)4/h7-12,15H,13-14,16H2,1-6H3,(H,28,31). The van der Waals surface area contributed by atoms with Crippen molar-refractivity contribution in [1.82, 2.24) is 19.6 Å². The number of para-hydroxylation sites is 1. The third-order valence-electron chi connectivity index (χ3n) is 5.76. The molecule has 0 atom stereocenters. The number of pyridine rings is 1. The van der Waals surface area contributed by atoms with Crippen molar-refractivity contribution in [3.05, 3.63) is 65.1 Å². The summed E-state index contributed by atoms with van der Waals surface area (Å²) in [5, 5.41) is 3.14. The molecule has 1 aliphatic rings. The van der Waals surface area contributed by atoms with E-state index in [0.717, 1.165) is 22.5 Å². The Bertz CT molecular complexity index is 1240. The SMILES string of the molecule is Cc1cccn2c(C(C)(C)NC(=O)c3cccc4c3OCCN(C(=O)OC(C)(C)C)C4)cnc12. The van der Waals surface area contributed by atoms with Gasteiger partial charge in [-0.1, -0.05) is 18.2 Å². The highest BCUT2D eigenvalue weighted by Crippen LogP contribution is 2.30. The summed E-state index contributed by atoms with van der Waals surface area (Å²) in [4.78, 5) is 32.2. The normalized spacial score (nSPS) is 14.2. The summed E-state index contributed by atoms with van der Waals surface area (Å²) < 4.78 is 13.5. The van der Waals surface area contributed by atoms with Crippen molar-refractivity contribution in [1.29, 1.82) is 0 Å². The van der Waals surface area contributed by atoms with Gasteiger partial charge in [-0.2, -0.15) is 0 Å². The Morgan fingerprint density at radius 2 is 1.88 bits per heavy atom. The summed E-state index contributed by atoms with van der Waals surface area (Å²) in [6.07, 6.45) is 3.34. The van der Waals surface area contributed by atoms with E-state index in [1.165, 1.54) is 0 Å². The molecule has 0 saturated heterocycles. The van der Waals surface area contributed by atoms with Crippen molar-refractivity contribution in [3.63, 3.8) is 0 Å². The quantitative estimate of drug-likeness (QED) is 0.620. The molecule has 0 radical (unpaired) electrons. The number of carbonyl (C=O) groups is 2. The predicted octanol–water partition coefficient (Wildman–Crippen LogP) is 4.44. The first kappa shape index (κ1) is 23.6. The van der Waals surface area contributed by atoms with E-state index < -0.39 is 17.2 Å². The van der Waals surface area contributed by atoms with Gasteiger partial charge < -0.3 is 24.1 Å². The van der Waals surface area contributed by atoms with Gasteiger partial charge in [0.1, 0.15) is 23.6 Å². The maximum atomic E-state index is 13.4. The minimum Gasteiger partial charge on any atom is -0.491 e. The molecule has 8 heteroatoms. The second-order valence-corrected chi connectivity index (χ2v) is 10.2. The minimum atomic E-state index is -0.694. The number of carbonyl (C=O) groups excluding carboxylic acids is 2. The highest BCUT2D eigenvalue weighted by atomic mass is 16.6. The smallest absolute Gasteiger partial charge is 0.410 e. The molecule has 0 aliphatic carbocycles. The second-order valence-electron chi connectivity index (χ2n) is 10.2. The molecule has 1 aromatic carbocycles. The monoisotopic (exact) mass is 464 g/mol. The van der Waals surface area contributed by atoms with Gasteiger partial charge in [0.25, 0.3) is 5.91 Å². The number of ether oxygens (including phenoxy) is 2.